The van der Waals surface area contributed by atoms with E-state index in [9.17, 15) is 0 Å². The molecule has 0 bridgehead atoms. The molecule has 0 aromatic carbocycles. The van der Waals surface area contributed by atoms with E-state index in [1.165, 1.54) is 0 Å². The van der Waals surface area contributed by atoms with Crippen LogP contribution in [0, 0.1) is 0 Å². The van der Waals surface area contributed by atoms with Gasteiger partial charge >= 0.3 is 7.32 Å². The van der Waals surface area contributed by atoms with Gasteiger partial charge in [-0.1, -0.05) is 0 Å². The van der Waals surface area contributed by atoms with E-state index in [4.69, 9.17) is 45.7 Å². The van der Waals surface area contributed by atoms with Gasteiger partial charge in [-0.25, -0.2) is 0 Å². The Balaban J connectivity index is -0.0000000827. The molecular formula is C6H26BN3O9. The van der Waals surface area contributed by atoms with E-state index < -0.39 is 45.0 Å². The first-order chi connectivity index (χ1) is 7.27. The number of rotatable bonds is 5. The van der Waals surface area contributed by atoms with Crippen molar-refractivity contribution in [3.63, 3.8) is 0 Å². The molecule has 4 atom stereocenters. The third kappa shape index (κ3) is 17.6. The van der Waals surface area contributed by atoms with Crippen LogP contribution >= 0.6 is 0 Å². The third-order valence-electron chi connectivity index (χ3n) is 1.51. The fourth-order valence-electron chi connectivity index (χ4n) is 0.671. The lowest BCUT2D eigenvalue weighted by molar-refractivity contribution is -0.123. The summed E-state index contributed by atoms with van der Waals surface area (Å²) in [5.41, 5.74) is 0. The fourth-order valence-corrected chi connectivity index (χ4v) is 0.671. The summed E-state index contributed by atoms with van der Waals surface area (Å²) in [4.78, 5) is 0. The molecule has 0 aromatic heterocycles. The predicted octanol–water partition coefficient (Wildman–Crippen LogP) is -5.15. The van der Waals surface area contributed by atoms with Crippen LogP contribution in [0.4, 0.5) is 0 Å². The quantitative estimate of drug-likeness (QED) is 0.212. The lowest BCUT2D eigenvalue weighted by Crippen LogP contribution is -2.46. The second kappa shape index (κ2) is 17.6. The van der Waals surface area contributed by atoms with Crippen LogP contribution in [0.3, 0.4) is 0 Å². The Hall–Kier alpha value is -0.415. The minimum atomic E-state index is -2.17. The zero-order chi connectivity index (χ0) is 13.3. The normalized spacial score (nSPS) is 15.0. The molecule has 18 N–H and O–H groups in total. The Labute approximate surface area is 110 Å². The highest BCUT2D eigenvalue weighted by molar-refractivity contribution is 6.30. The van der Waals surface area contributed by atoms with Crippen molar-refractivity contribution in [3.05, 3.63) is 0 Å². The van der Waals surface area contributed by atoms with Crippen LogP contribution in [0.2, 0.25) is 0 Å². The molecule has 0 saturated heterocycles. The Kier molecular flexibility index (Phi) is 28.8. The Morgan fingerprint density at radius 2 is 0.789 bits per heavy atom. The molecule has 0 amide bonds. The van der Waals surface area contributed by atoms with Gasteiger partial charge in [-0.3, -0.25) is 0 Å². The van der Waals surface area contributed by atoms with Gasteiger partial charge in [-0.2, -0.15) is 0 Å². The second-order valence-corrected chi connectivity index (χ2v) is 2.83. The van der Waals surface area contributed by atoms with Crippen molar-refractivity contribution in [2.24, 2.45) is 0 Å². The average molecular weight is 295 g/mol. The van der Waals surface area contributed by atoms with E-state index in [1.807, 2.05) is 0 Å². The molecule has 122 valence electrons. The smallest absolute Gasteiger partial charge is 0.402 e. The van der Waals surface area contributed by atoms with Crippen LogP contribution in [0.15, 0.2) is 0 Å². The van der Waals surface area contributed by atoms with Gasteiger partial charge in [-0.05, 0) is 0 Å². The Morgan fingerprint density at radius 1 is 0.632 bits per heavy atom. The zero-order valence-electron chi connectivity index (χ0n) is 10.4. The first-order valence-corrected chi connectivity index (χ1v) is 4.26. The van der Waals surface area contributed by atoms with Crippen LogP contribution in [0.5, 0.6) is 0 Å². The largest absolute Gasteiger partial charge is 0.631 e. The Morgan fingerprint density at radius 3 is 0.895 bits per heavy atom. The summed E-state index contributed by atoms with van der Waals surface area (Å²) in [6.45, 7) is -1.45. The summed E-state index contributed by atoms with van der Waals surface area (Å²) in [6.07, 6.45) is -6.39. The van der Waals surface area contributed by atoms with Gasteiger partial charge in [0.05, 0.1) is 13.2 Å². The second-order valence-electron chi connectivity index (χ2n) is 2.83. The molecular weight excluding hydrogens is 269 g/mol. The molecule has 0 rings (SSSR count). The molecule has 0 radical (unpaired) electrons. The molecule has 19 heavy (non-hydrogen) atoms. The monoisotopic (exact) mass is 295 g/mol. The van der Waals surface area contributed by atoms with Crippen LogP contribution in [-0.2, 0) is 0 Å². The maximum absolute atomic E-state index is 8.96. The molecule has 4 unspecified atom stereocenters. The number of hydrogen-bond acceptors (Lipinski definition) is 12. The van der Waals surface area contributed by atoms with Gasteiger partial charge in [0.2, 0.25) is 0 Å². The third-order valence-corrected chi connectivity index (χ3v) is 1.51. The summed E-state index contributed by atoms with van der Waals surface area (Å²) in [7, 11) is -2.17. The predicted molar refractivity (Wildman–Crippen MR) is 65.7 cm³/mol. The molecule has 0 heterocycles. The number of aliphatic hydroxyl groups excluding tert-OH is 6. The summed E-state index contributed by atoms with van der Waals surface area (Å²) in [6, 6.07) is 0. The van der Waals surface area contributed by atoms with Crippen LogP contribution in [0.1, 0.15) is 0 Å². The van der Waals surface area contributed by atoms with Crippen molar-refractivity contribution < 1.29 is 45.7 Å². The minimum absolute atomic E-state index is 0. The molecule has 12 nitrogen and oxygen atoms in total. The maximum Gasteiger partial charge on any atom is 0.631 e. The average Bonchev–Trinajstić information content (AvgIpc) is 2.24. The van der Waals surface area contributed by atoms with Crippen LogP contribution in [0.25, 0.3) is 0 Å². The van der Waals surface area contributed by atoms with Crippen molar-refractivity contribution in [2.45, 2.75) is 24.4 Å². The van der Waals surface area contributed by atoms with E-state index >= 15 is 0 Å². The van der Waals surface area contributed by atoms with Crippen LogP contribution < -0.4 is 18.5 Å². The van der Waals surface area contributed by atoms with E-state index in [-0.39, 0.29) is 18.5 Å². The molecule has 0 spiro atoms. The van der Waals surface area contributed by atoms with Crippen LogP contribution in [-0.4, -0.2) is 90.7 Å². The van der Waals surface area contributed by atoms with E-state index in [2.05, 4.69) is 0 Å². The molecule has 0 fully saturated rings. The molecule has 0 aliphatic rings. The minimum Gasteiger partial charge on any atom is -0.402 e. The van der Waals surface area contributed by atoms with E-state index in [0.717, 1.165) is 0 Å². The number of hydrogen-bond donors (Lipinski definition) is 12. The highest BCUT2D eigenvalue weighted by Gasteiger charge is 2.29. The molecule has 0 aliphatic carbocycles. The van der Waals surface area contributed by atoms with Crippen molar-refractivity contribution in [1.82, 2.24) is 18.5 Å². The zero-order valence-corrected chi connectivity index (χ0v) is 10.4. The maximum atomic E-state index is 8.96. The standard InChI is InChI=1S/C6H14O6.BH3O3.3H3N/c7-1-3(9)5(11)6(12)4(10)2-8;2-1(3)4;;;/h3-12H,1-2H2;2-4H;3*1H3. The Bertz CT molecular complexity index is 152. The van der Waals surface area contributed by atoms with Gasteiger partial charge in [0, 0.05) is 0 Å². The van der Waals surface area contributed by atoms with Gasteiger partial charge in [-0.15, -0.1) is 0 Å². The first-order valence-electron chi connectivity index (χ1n) is 4.26. The molecule has 13 heteroatoms. The molecule has 0 aliphatic heterocycles. The summed E-state index contributed by atoms with van der Waals surface area (Å²) < 4.78 is 0. The topological polar surface area (TPSA) is 287 Å². The van der Waals surface area contributed by atoms with Crippen molar-refractivity contribution >= 4 is 7.32 Å². The van der Waals surface area contributed by atoms with Gasteiger partial charge in [0.1, 0.15) is 24.4 Å². The first kappa shape index (κ1) is 31.1. The highest BCUT2D eigenvalue weighted by atomic mass is 16.5. The molecule has 0 aromatic rings. The summed E-state index contributed by atoms with van der Waals surface area (Å²) in [5.74, 6) is 0. The summed E-state index contributed by atoms with van der Waals surface area (Å²) >= 11 is 0. The van der Waals surface area contributed by atoms with Gasteiger partial charge < -0.3 is 64.2 Å². The summed E-state index contributed by atoms with van der Waals surface area (Å²) in [5, 5.41) is 73.7. The number of aliphatic hydroxyl groups is 6. The van der Waals surface area contributed by atoms with Crippen molar-refractivity contribution in [1.29, 1.82) is 0 Å². The molecule has 0 saturated carbocycles. The van der Waals surface area contributed by atoms with E-state index in [0.29, 0.717) is 0 Å². The lowest BCUT2D eigenvalue weighted by atomic mass is 10.0. The highest BCUT2D eigenvalue weighted by Crippen LogP contribution is 2.03. The van der Waals surface area contributed by atoms with Gasteiger partial charge in [0.25, 0.3) is 0 Å². The SMILES string of the molecule is N.N.N.OB(O)O.OCC(O)C(O)C(O)C(O)CO. The van der Waals surface area contributed by atoms with Gasteiger partial charge in [0.15, 0.2) is 0 Å². The van der Waals surface area contributed by atoms with E-state index in [1.54, 1.807) is 0 Å². The fraction of sp³-hybridized carbons (Fsp3) is 1.00. The van der Waals surface area contributed by atoms with Crippen molar-refractivity contribution in [2.75, 3.05) is 13.2 Å². The van der Waals surface area contributed by atoms with Crippen molar-refractivity contribution in [3.8, 4) is 0 Å². The lowest BCUT2D eigenvalue weighted by Gasteiger charge is -2.24.